The van der Waals surface area contributed by atoms with Gasteiger partial charge in [0.1, 0.15) is 5.75 Å². The molecule has 1 rings (SSSR count). The van der Waals surface area contributed by atoms with Crippen molar-refractivity contribution in [2.75, 3.05) is 13.7 Å². The Morgan fingerprint density at radius 1 is 1.33 bits per heavy atom. The van der Waals surface area contributed by atoms with E-state index in [0.29, 0.717) is 11.3 Å². The van der Waals surface area contributed by atoms with Crippen molar-refractivity contribution in [1.29, 1.82) is 0 Å². The molecule has 0 amide bonds. The van der Waals surface area contributed by atoms with Crippen LogP contribution in [0.15, 0.2) is 17.0 Å². The van der Waals surface area contributed by atoms with Crippen LogP contribution in [-0.2, 0) is 10.0 Å². The molecule has 5 nitrogen and oxygen atoms in total. The maximum Gasteiger partial charge on any atom is 0.241 e. The summed E-state index contributed by atoms with van der Waals surface area (Å²) in [5.74, 6) is 0.526. The minimum absolute atomic E-state index is 0.0159. The summed E-state index contributed by atoms with van der Waals surface area (Å²) in [4.78, 5) is 0.172. The van der Waals surface area contributed by atoms with E-state index in [-0.39, 0.29) is 11.4 Å². The Bertz CT molecular complexity index is 523. The summed E-state index contributed by atoms with van der Waals surface area (Å²) in [6.07, 6.45) is -0.729. The summed E-state index contributed by atoms with van der Waals surface area (Å²) in [6.45, 7) is 5.08. The normalized spacial score (nSPS) is 13.4. The molecule has 0 saturated heterocycles. The molecule has 2 N–H and O–H groups in total. The quantitative estimate of drug-likeness (QED) is 0.838. The molecule has 0 spiro atoms. The number of aryl methyl sites for hydroxylation is 2. The van der Waals surface area contributed by atoms with Crippen molar-refractivity contribution in [2.45, 2.75) is 31.8 Å². The molecule has 0 aromatic heterocycles. The Morgan fingerprint density at radius 2 is 1.94 bits per heavy atom. The minimum Gasteiger partial charge on any atom is -0.496 e. The fourth-order valence-corrected chi connectivity index (χ4v) is 2.99. The maximum absolute atomic E-state index is 12.1. The number of aliphatic hydroxyl groups is 1. The zero-order valence-corrected chi connectivity index (χ0v) is 11.8. The predicted octanol–water partition coefficient (Wildman–Crippen LogP) is 0.971. The van der Waals surface area contributed by atoms with Crippen LogP contribution in [0, 0.1) is 13.8 Å². The lowest BCUT2D eigenvalue weighted by molar-refractivity contribution is 0.198. The van der Waals surface area contributed by atoms with Gasteiger partial charge in [0.25, 0.3) is 0 Å². The first-order valence-electron chi connectivity index (χ1n) is 5.61. The fraction of sp³-hybridized carbons (Fsp3) is 0.500. The molecule has 1 aromatic rings. The summed E-state index contributed by atoms with van der Waals surface area (Å²) >= 11 is 0. The Balaban J connectivity index is 3.16. The first-order chi connectivity index (χ1) is 8.27. The molecule has 0 unspecified atom stereocenters. The first kappa shape index (κ1) is 14.9. The van der Waals surface area contributed by atoms with Crippen LogP contribution in [0.5, 0.6) is 5.75 Å². The predicted molar refractivity (Wildman–Crippen MR) is 69.3 cm³/mol. The van der Waals surface area contributed by atoms with Crippen LogP contribution < -0.4 is 9.46 Å². The highest BCUT2D eigenvalue weighted by Gasteiger charge is 2.19. The zero-order valence-electron chi connectivity index (χ0n) is 11.0. The zero-order chi connectivity index (χ0) is 13.9. The van der Waals surface area contributed by atoms with Gasteiger partial charge >= 0.3 is 0 Å². The number of ether oxygens (including phenoxy) is 1. The van der Waals surface area contributed by atoms with Crippen molar-refractivity contribution >= 4 is 10.0 Å². The number of methoxy groups -OCH3 is 1. The van der Waals surface area contributed by atoms with Crippen LogP contribution in [-0.4, -0.2) is 33.3 Å². The van der Waals surface area contributed by atoms with Gasteiger partial charge in [-0.1, -0.05) is 6.07 Å². The van der Waals surface area contributed by atoms with Gasteiger partial charge in [-0.3, -0.25) is 0 Å². The van der Waals surface area contributed by atoms with E-state index in [1.807, 2.05) is 6.92 Å². The topological polar surface area (TPSA) is 75.6 Å². The van der Waals surface area contributed by atoms with Crippen molar-refractivity contribution in [3.8, 4) is 5.75 Å². The molecule has 1 atom stereocenters. The molecule has 0 fully saturated rings. The van der Waals surface area contributed by atoms with E-state index < -0.39 is 16.1 Å². The summed E-state index contributed by atoms with van der Waals surface area (Å²) in [7, 11) is -2.13. The van der Waals surface area contributed by atoms with Gasteiger partial charge in [-0.2, -0.15) is 0 Å². The average Bonchev–Trinajstić information content (AvgIpc) is 2.26. The largest absolute Gasteiger partial charge is 0.496 e. The summed E-state index contributed by atoms with van der Waals surface area (Å²) < 4.78 is 31.6. The van der Waals surface area contributed by atoms with Crippen LogP contribution in [0.1, 0.15) is 18.1 Å². The van der Waals surface area contributed by atoms with Gasteiger partial charge in [0, 0.05) is 12.6 Å². The number of aliphatic hydroxyl groups excluding tert-OH is 1. The molecule has 0 saturated carbocycles. The Morgan fingerprint density at radius 3 is 2.44 bits per heavy atom. The first-order valence-corrected chi connectivity index (χ1v) is 7.09. The third-order valence-corrected chi connectivity index (χ3v) is 4.12. The van der Waals surface area contributed by atoms with Gasteiger partial charge in [0.2, 0.25) is 10.0 Å². The van der Waals surface area contributed by atoms with Crippen LogP contribution in [0.2, 0.25) is 0 Å². The van der Waals surface area contributed by atoms with Gasteiger partial charge in [0.15, 0.2) is 0 Å². The molecule has 6 heteroatoms. The van der Waals surface area contributed by atoms with Crippen LogP contribution >= 0.6 is 0 Å². The number of nitrogens with one attached hydrogen (secondary N) is 1. The van der Waals surface area contributed by atoms with E-state index in [9.17, 15) is 8.42 Å². The second-order valence-electron chi connectivity index (χ2n) is 4.29. The second kappa shape index (κ2) is 5.69. The van der Waals surface area contributed by atoms with Crippen LogP contribution in [0.3, 0.4) is 0 Å². The fourth-order valence-electron chi connectivity index (χ4n) is 1.63. The molecule has 0 aliphatic heterocycles. The number of benzene rings is 1. The van der Waals surface area contributed by atoms with Crippen molar-refractivity contribution < 1.29 is 18.3 Å². The van der Waals surface area contributed by atoms with Gasteiger partial charge in [-0.25, -0.2) is 13.1 Å². The lowest BCUT2D eigenvalue weighted by Crippen LogP contribution is -2.31. The smallest absolute Gasteiger partial charge is 0.241 e. The molecule has 0 radical (unpaired) electrons. The third-order valence-electron chi connectivity index (χ3n) is 2.55. The highest BCUT2D eigenvalue weighted by atomic mass is 32.2. The van der Waals surface area contributed by atoms with E-state index in [4.69, 9.17) is 9.84 Å². The van der Waals surface area contributed by atoms with Crippen molar-refractivity contribution in [3.05, 3.63) is 23.3 Å². The number of sulfonamides is 1. The molecule has 0 bridgehead atoms. The lowest BCUT2D eigenvalue weighted by Gasteiger charge is -2.13. The Labute approximate surface area is 108 Å². The van der Waals surface area contributed by atoms with E-state index in [1.165, 1.54) is 20.1 Å². The number of hydrogen-bond donors (Lipinski definition) is 2. The summed E-state index contributed by atoms with van der Waals surface area (Å²) in [5, 5.41) is 9.13. The molecule has 1 aromatic carbocycles. The molecule has 102 valence electrons. The maximum atomic E-state index is 12.1. The van der Waals surface area contributed by atoms with Gasteiger partial charge in [-0.05, 0) is 31.9 Å². The highest BCUT2D eigenvalue weighted by Crippen LogP contribution is 2.25. The van der Waals surface area contributed by atoms with Gasteiger partial charge < -0.3 is 9.84 Å². The molecule has 0 aliphatic carbocycles. The molecule has 0 heterocycles. The standard InChI is InChI=1S/C12H19NO4S/c1-8-5-9(2)12(6-11(8)17-4)18(15,16)13-7-10(3)14/h5-6,10,13-14H,7H2,1-4H3/t10-/m1/s1. The van der Waals surface area contributed by atoms with E-state index in [0.717, 1.165) is 5.56 Å². The minimum atomic E-state index is -3.63. The van der Waals surface area contributed by atoms with Crippen molar-refractivity contribution in [1.82, 2.24) is 4.72 Å². The van der Waals surface area contributed by atoms with E-state index in [2.05, 4.69) is 4.72 Å². The van der Waals surface area contributed by atoms with Crippen LogP contribution in [0.25, 0.3) is 0 Å². The Hall–Kier alpha value is -1.11. The third kappa shape index (κ3) is 3.44. The lowest BCUT2D eigenvalue weighted by atomic mass is 10.1. The van der Waals surface area contributed by atoms with Gasteiger partial charge in [0.05, 0.1) is 18.1 Å². The summed E-state index contributed by atoms with van der Waals surface area (Å²) in [6, 6.07) is 3.25. The Kier molecular flexibility index (Phi) is 4.72. The second-order valence-corrected chi connectivity index (χ2v) is 6.02. The van der Waals surface area contributed by atoms with Crippen LogP contribution in [0.4, 0.5) is 0 Å². The van der Waals surface area contributed by atoms with E-state index >= 15 is 0 Å². The van der Waals surface area contributed by atoms with Crippen molar-refractivity contribution in [3.63, 3.8) is 0 Å². The number of hydrogen-bond acceptors (Lipinski definition) is 4. The van der Waals surface area contributed by atoms with Crippen molar-refractivity contribution in [2.24, 2.45) is 0 Å². The molecular formula is C12H19NO4S. The molecule has 18 heavy (non-hydrogen) atoms. The number of rotatable bonds is 5. The average molecular weight is 273 g/mol. The SMILES string of the molecule is COc1cc(S(=O)(=O)NC[C@@H](C)O)c(C)cc1C. The van der Waals surface area contributed by atoms with E-state index in [1.54, 1.807) is 13.0 Å². The molecular weight excluding hydrogens is 254 g/mol. The van der Waals surface area contributed by atoms with Gasteiger partial charge in [-0.15, -0.1) is 0 Å². The monoisotopic (exact) mass is 273 g/mol. The molecule has 0 aliphatic rings. The highest BCUT2D eigenvalue weighted by molar-refractivity contribution is 7.89. The summed E-state index contributed by atoms with van der Waals surface area (Å²) in [5.41, 5.74) is 1.52.